The Balaban J connectivity index is 1.39. The first-order valence-electron chi connectivity index (χ1n) is 11.0. The second kappa shape index (κ2) is 8.14. The minimum atomic E-state index is -0.582. The number of carbonyl (C=O) groups is 3. The fourth-order valence-electron chi connectivity index (χ4n) is 5.48. The van der Waals surface area contributed by atoms with Gasteiger partial charge >= 0.3 is 0 Å². The van der Waals surface area contributed by atoms with Crippen LogP contribution in [0.15, 0.2) is 72.8 Å². The molecule has 0 aromatic heterocycles. The molecule has 2 aromatic carbocycles. The molecular formula is C26H26N2O3. The van der Waals surface area contributed by atoms with Gasteiger partial charge in [-0.2, -0.15) is 0 Å². The van der Waals surface area contributed by atoms with Crippen LogP contribution < -0.4 is 5.32 Å². The largest absolute Gasteiger partial charge is 0.352 e. The van der Waals surface area contributed by atoms with Crippen LogP contribution in [0.5, 0.6) is 0 Å². The molecule has 158 valence electrons. The first kappa shape index (κ1) is 19.7. The lowest BCUT2D eigenvalue weighted by Crippen LogP contribution is -2.38. The Labute approximate surface area is 182 Å². The van der Waals surface area contributed by atoms with E-state index in [9.17, 15) is 14.4 Å². The number of fused-ring (bicyclic) bond motifs is 1. The Bertz CT molecular complexity index is 985. The normalized spacial score (nSPS) is 27.3. The zero-order valence-electron chi connectivity index (χ0n) is 17.3. The molecule has 6 rings (SSSR count). The van der Waals surface area contributed by atoms with E-state index in [4.69, 9.17) is 0 Å². The Kier molecular flexibility index (Phi) is 5.18. The number of nitrogens with zero attached hydrogens (tertiary/aromatic N) is 1. The lowest BCUT2D eigenvalue weighted by atomic mass is 9.63. The van der Waals surface area contributed by atoms with E-state index in [0.717, 1.165) is 24.0 Å². The molecule has 5 nitrogen and oxygen atoms in total. The van der Waals surface area contributed by atoms with Crippen LogP contribution in [0, 0.1) is 23.7 Å². The van der Waals surface area contributed by atoms with E-state index >= 15 is 0 Å². The summed E-state index contributed by atoms with van der Waals surface area (Å²) >= 11 is 0. The van der Waals surface area contributed by atoms with E-state index in [-0.39, 0.29) is 47.8 Å². The fraction of sp³-hybridized carbons (Fsp3) is 0.346. The summed E-state index contributed by atoms with van der Waals surface area (Å²) in [6, 6.07) is 18.6. The Morgan fingerprint density at radius 2 is 1.42 bits per heavy atom. The molecule has 5 heteroatoms. The van der Waals surface area contributed by atoms with Crippen LogP contribution in [-0.4, -0.2) is 22.6 Å². The van der Waals surface area contributed by atoms with E-state index < -0.39 is 6.04 Å². The molecule has 4 aliphatic rings. The number of hydrogen-bond acceptors (Lipinski definition) is 3. The first-order chi connectivity index (χ1) is 15.1. The summed E-state index contributed by atoms with van der Waals surface area (Å²) in [6.07, 6.45) is 6.23. The van der Waals surface area contributed by atoms with Crippen molar-refractivity contribution >= 4 is 17.7 Å². The molecule has 0 radical (unpaired) electrons. The zero-order chi connectivity index (χ0) is 21.4. The number of amides is 3. The standard InChI is InChI=1S/C26H26N2O3/c29-22(27-16-17-7-3-1-4-8-17)15-21(18-9-5-2-6-10-18)28-25(30)23-19-11-12-20(14-13-19)24(23)26(28)31/h1-12,19-21,23-24H,13-16H2,(H,27,29)/t19-,20-,21+,23-,24+/m0/s1. The summed E-state index contributed by atoms with van der Waals surface area (Å²) in [4.78, 5) is 41.2. The number of likely N-dealkylation sites (tertiary alicyclic amines) is 1. The van der Waals surface area contributed by atoms with Gasteiger partial charge in [0, 0.05) is 6.54 Å². The van der Waals surface area contributed by atoms with Gasteiger partial charge in [0.15, 0.2) is 0 Å². The summed E-state index contributed by atoms with van der Waals surface area (Å²) in [6.45, 7) is 0.419. The predicted molar refractivity (Wildman–Crippen MR) is 116 cm³/mol. The van der Waals surface area contributed by atoms with Crippen LogP contribution in [-0.2, 0) is 20.9 Å². The van der Waals surface area contributed by atoms with E-state index in [2.05, 4.69) is 17.5 Å². The van der Waals surface area contributed by atoms with Crippen LogP contribution in [0.2, 0.25) is 0 Å². The third-order valence-corrected chi connectivity index (χ3v) is 7.00. The molecule has 1 saturated carbocycles. The van der Waals surface area contributed by atoms with Crippen LogP contribution in [0.3, 0.4) is 0 Å². The van der Waals surface area contributed by atoms with Crippen molar-refractivity contribution in [2.24, 2.45) is 23.7 Å². The van der Waals surface area contributed by atoms with Crippen molar-refractivity contribution in [3.05, 3.63) is 83.9 Å². The maximum atomic E-state index is 13.5. The van der Waals surface area contributed by atoms with E-state index in [0.29, 0.717) is 6.54 Å². The number of carbonyl (C=O) groups excluding carboxylic acids is 3. The molecule has 1 aliphatic heterocycles. The lowest BCUT2D eigenvalue weighted by molar-refractivity contribution is -0.143. The Hall–Kier alpha value is -3.21. The van der Waals surface area contributed by atoms with Gasteiger partial charge in [0.2, 0.25) is 17.7 Å². The van der Waals surface area contributed by atoms with Crippen LogP contribution in [0.1, 0.15) is 36.4 Å². The van der Waals surface area contributed by atoms with Crippen molar-refractivity contribution in [3.8, 4) is 0 Å². The van der Waals surface area contributed by atoms with Gasteiger partial charge in [-0.1, -0.05) is 72.8 Å². The quantitative estimate of drug-likeness (QED) is 0.580. The van der Waals surface area contributed by atoms with E-state index in [1.165, 1.54) is 4.90 Å². The molecule has 3 amide bonds. The zero-order valence-corrected chi connectivity index (χ0v) is 17.3. The molecule has 1 heterocycles. The third-order valence-electron chi connectivity index (χ3n) is 7.00. The minimum absolute atomic E-state index is 0.0660. The average Bonchev–Trinajstić information content (AvgIpc) is 3.10. The number of imide groups is 1. The van der Waals surface area contributed by atoms with Gasteiger partial charge in [-0.05, 0) is 35.8 Å². The maximum Gasteiger partial charge on any atom is 0.234 e. The van der Waals surface area contributed by atoms with E-state index in [1.807, 2.05) is 60.7 Å². The van der Waals surface area contributed by atoms with Gasteiger partial charge in [-0.25, -0.2) is 0 Å². The van der Waals surface area contributed by atoms with Gasteiger partial charge in [0.05, 0.1) is 24.3 Å². The number of nitrogens with one attached hydrogen (secondary N) is 1. The smallest absolute Gasteiger partial charge is 0.234 e. The summed E-state index contributed by atoms with van der Waals surface area (Å²) in [5, 5.41) is 2.94. The molecule has 2 bridgehead atoms. The van der Waals surface area contributed by atoms with Gasteiger partial charge in [-0.3, -0.25) is 19.3 Å². The molecule has 3 aliphatic carbocycles. The monoisotopic (exact) mass is 414 g/mol. The molecule has 5 atom stereocenters. The topological polar surface area (TPSA) is 66.5 Å². The molecule has 2 fully saturated rings. The third kappa shape index (κ3) is 3.58. The summed E-state index contributed by atoms with van der Waals surface area (Å²) in [7, 11) is 0. The fourth-order valence-corrected chi connectivity index (χ4v) is 5.48. The molecule has 2 aromatic rings. The number of hydrogen-bond donors (Lipinski definition) is 1. The second-order valence-corrected chi connectivity index (χ2v) is 8.78. The minimum Gasteiger partial charge on any atom is -0.352 e. The van der Waals surface area contributed by atoms with Crippen molar-refractivity contribution < 1.29 is 14.4 Å². The van der Waals surface area contributed by atoms with E-state index in [1.54, 1.807) is 0 Å². The first-order valence-corrected chi connectivity index (χ1v) is 11.0. The molecule has 0 spiro atoms. The molecule has 1 N–H and O–H groups in total. The Morgan fingerprint density at radius 1 is 0.871 bits per heavy atom. The number of allylic oxidation sites excluding steroid dienone is 2. The highest BCUT2D eigenvalue weighted by molar-refractivity contribution is 6.06. The maximum absolute atomic E-state index is 13.5. The predicted octanol–water partition coefficient (Wildman–Crippen LogP) is 3.63. The summed E-state index contributed by atoms with van der Waals surface area (Å²) in [5.41, 5.74) is 1.83. The van der Waals surface area contributed by atoms with Crippen molar-refractivity contribution in [2.45, 2.75) is 31.8 Å². The van der Waals surface area contributed by atoms with Crippen molar-refractivity contribution in [1.82, 2.24) is 10.2 Å². The van der Waals surface area contributed by atoms with Gasteiger partial charge < -0.3 is 5.32 Å². The average molecular weight is 415 g/mol. The van der Waals surface area contributed by atoms with Crippen LogP contribution in [0.25, 0.3) is 0 Å². The van der Waals surface area contributed by atoms with Crippen molar-refractivity contribution in [2.75, 3.05) is 0 Å². The van der Waals surface area contributed by atoms with Crippen LogP contribution in [0.4, 0.5) is 0 Å². The van der Waals surface area contributed by atoms with Crippen molar-refractivity contribution in [3.63, 3.8) is 0 Å². The van der Waals surface area contributed by atoms with Crippen molar-refractivity contribution in [1.29, 1.82) is 0 Å². The number of benzene rings is 2. The summed E-state index contributed by atoms with van der Waals surface area (Å²) < 4.78 is 0. The second-order valence-electron chi connectivity index (χ2n) is 8.78. The highest BCUT2D eigenvalue weighted by atomic mass is 16.2. The SMILES string of the molecule is O=C(C[C@H](c1ccccc1)N1C(=O)[C@@H]2[C@H](C1=O)[C@H]1C=C[C@H]2CC1)NCc1ccccc1. The van der Waals surface area contributed by atoms with Gasteiger partial charge in [0.1, 0.15) is 0 Å². The molecule has 0 unspecified atom stereocenters. The highest BCUT2D eigenvalue weighted by Gasteiger charge is 2.58. The van der Waals surface area contributed by atoms with Crippen LogP contribution >= 0.6 is 0 Å². The molecular weight excluding hydrogens is 388 g/mol. The molecule has 31 heavy (non-hydrogen) atoms. The lowest BCUT2D eigenvalue weighted by Gasteiger charge is -2.38. The molecule has 1 saturated heterocycles. The van der Waals surface area contributed by atoms with Gasteiger partial charge in [-0.15, -0.1) is 0 Å². The summed E-state index contributed by atoms with van der Waals surface area (Å²) in [5.74, 6) is -0.656. The number of rotatable bonds is 6. The van der Waals surface area contributed by atoms with Gasteiger partial charge in [0.25, 0.3) is 0 Å². The highest BCUT2D eigenvalue weighted by Crippen LogP contribution is 2.51. The Morgan fingerprint density at radius 3 is 1.97 bits per heavy atom.